The van der Waals surface area contributed by atoms with Crippen LogP contribution in [-0.2, 0) is 9.53 Å². The van der Waals surface area contributed by atoms with E-state index in [1.54, 1.807) is 6.07 Å². The van der Waals surface area contributed by atoms with E-state index in [0.717, 1.165) is 30.0 Å². The van der Waals surface area contributed by atoms with E-state index in [1.807, 2.05) is 36.1 Å². The quantitative estimate of drug-likeness (QED) is 0.147. The average Bonchev–Trinajstić information content (AvgIpc) is 3.16. The van der Waals surface area contributed by atoms with Gasteiger partial charge in [-0.3, -0.25) is 14.9 Å². The average molecular weight is 425 g/mol. The van der Waals surface area contributed by atoms with Gasteiger partial charge in [-0.25, -0.2) is 0 Å². The van der Waals surface area contributed by atoms with Crippen molar-refractivity contribution >= 4 is 50.5 Å². The number of fused-ring (bicyclic) bond motifs is 1. The first kappa shape index (κ1) is 21.1. The molecule has 154 valence electrons. The fourth-order valence-electron chi connectivity index (χ4n) is 2.78. The Morgan fingerprint density at radius 3 is 2.73 bits per heavy atom. The molecule has 0 saturated heterocycles. The highest BCUT2D eigenvalue weighted by Gasteiger charge is 2.12. The van der Waals surface area contributed by atoms with Crippen molar-refractivity contribution in [1.82, 2.24) is 4.37 Å². The van der Waals surface area contributed by atoms with E-state index in [1.165, 1.54) is 12.1 Å². The van der Waals surface area contributed by atoms with Crippen LogP contribution >= 0.6 is 11.5 Å². The Hall–Kier alpha value is -3.66. The van der Waals surface area contributed by atoms with Gasteiger partial charge in [0.05, 0.1) is 28.8 Å². The summed E-state index contributed by atoms with van der Waals surface area (Å²) in [6.45, 7) is 6.63. The largest absolute Gasteiger partial charge is 0.435 e. The van der Waals surface area contributed by atoms with E-state index in [-0.39, 0.29) is 18.1 Å². The first-order chi connectivity index (χ1) is 14.5. The first-order valence-corrected chi connectivity index (χ1v) is 9.90. The lowest BCUT2D eigenvalue weighted by atomic mass is 10.2. The lowest BCUT2D eigenvalue weighted by Gasteiger charge is -2.22. The zero-order valence-corrected chi connectivity index (χ0v) is 17.0. The molecule has 0 N–H and O–H groups in total. The molecule has 0 amide bonds. The molecule has 9 nitrogen and oxygen atoms in total. The molecule has 10 heteroatoms. The van der Waals surface area contributed by atoms with Gasteiger partial charge in [0.1, 0.15) is 0 Å². The smallest absolute Gasteiger partial charge is 0.312 e. The standard InChI is InChI=1S/C20H19N5O4S/c1-3-24(12-11-19(26)29-4-2)15-7-5-14(6-8-15)21-22-20-17-13-16(25(27)28)9-10-18(17)23-30-20/h4-10,13H,2-3,11-12H2,1H3. The number of azo groups is 1. The number of ether oxygens (including phenoxy) is 1. The van der Waals surface area contributed by atoms with Gasteiger partial charge in [0.15, 0.2) is 5.00 Å². The number of esters is 1. The molecule has 0 spiro atoms. The Morgan fingerprint density at radius 1 is 1.30 bits per heavy atom. The number of non-ortho nitro benzene ring substituents is 1. The Morgan fingerprint density at radius 2 is 2.07 bits per heavy atom. The summed E-state index contributed by atoms with van der Waals surface area (Å²) in [5, 5.41) is 20.5. The number of nitrogens with zero attached hydrogens (tertiary/aromatic N) is 5. The number of hydrogen-bond acceptors (Lipinski definition) is 9. The zero-order chi connectivity index (χ0) is 21.5. The van der Waals surface area contributed by atoms with Gasteiger partial charge >= 0.3 is 5.97 Å². The predicted molar refractivity (Wildman–Crippen MR) is 116 cm³/mol. The van der Waals surface area contributed by atoms with Crippen LogP contribution in [0.5, 0.6) is 0 Å². The molecule has 0 unspecified atom stereocenters. The maximum Gasteiger partial charge on any atom is 0.312 e. The maximum atomic E-state index is 11.5. The van der Waals surface area contributed by atoms with E-state index in [2.05, 4.69) is 21.2 Å². The Labute approximate surface area is 176 Å². The highest BCUT2D eigenvalue weighted by atomic mass is 32.1. The minimum atomic E-state index is -0.451. The molecule has 0 aliphatic carbocycles. The summed E-state index contributed by atoms with van der Waals surface area (Å²) < 4.78 is 8.98. The van der Waals surface area contributed by atoms with Gasteiger partial charge in [-0.1, -0.05) is 6.58 Å². The highest BCUT2D eigenvalue weighted by Crippen LogP contribution is 2.34. The molecule has 1 aromatic heterocycles. The molecule has 0 radical (unpaired) electrons. The normalized spacial score (nSPS) is 11.0. The van der Waals surface area contributed by atoms with Gasteiger partial charge < -0.3 is 9.64 Å². The number of carbonyl (C=O) groups is 1. The van der Waals surface area contributed by atoms with Gasteiger partial charge in [-0.15, -0.1) is 10.2 Å². The zero-order valence-electron chi connectivity index (χ0n) is 16.2. The van der Waals surface area contributed by atoms with E-state index in [9.17, 15) is 14.9 Å². The number of hydrogen-bond donors (Lipinski definition) is 0. The van der Waals surface area contributed by atoms with Crippen molar-refractivity contribution in [3.63, 3.8) is 0 Å². The topological polar surface area (TPSA) is 110 Å². The summed E-state index contributed by atoms with van der Waals surface area (Å²) >= 11 is 1.14. The summed E-state index contributed by atoms with van der Waals surface area (Å²) in [6, 6.07) is 11.9. The second-order valence-electron chi connectivity index (χ2n) is 6.15. The van der Waals surface area contributed by atoms with Crippen LogP contribution < -0.4 is 4.90 Å². The summed E-state index contributed by atoms with van der Waals surface area (Å²) in [5.74, 6) is -0.328. The minimum Gasteiger partial charge on any atom is -0.435 e. The van der Waals surface area contributed by atoms with Crippen molar-refractivity contribution < 1.29 is 14.5 Å². The third-order valence-corrected chi connectivity index (χ3v) is 5.07. The maximum absolute atomic E-state index is 11.5. The number of nitro benzene ring substituents is 1. The molecule has 0 bridgehead atoms. The summed E-state index contributed by atoms with van der Waals surface area (Å²) in [4.78, 5) is 24.1. The van der Waals surface area contributed by atoms with Gasteiger partial charge in [-0.05, 0) is 48.8 Å². The van der Waals surface area contributed by atoms with Crippen LogP contribution in [0, 0.1) is 10.1 Å². The molecular formula is C20H19N5O4S. The SMILES string of the molecule is C=COC(=O)CCN(CC)c1ccc(N=Nc2snc3ccc([N+](=O)[O-])cc23)cc1. The molecule has 0 atom stereocenters. The van der Waals surface area contributed by atoms with Gasteiger partial charge in [-0.2, -0.15) is 4.37 Å². The van der Waals surface area contributed by atoms with E-state index >= 15 is 0 Å². The predicted octanol–water partition coefficient (Wildman–Crippen LogP) is 5.52. The Kier molecular flexibility index (Phi) is 6.81. The van der Waals surface area contributed by atoms with Crippen LogP contribution in [0.25, 0.3) is 10.9 Å². The van der Waals surface area contributed by atoms with Crippen molar-refractivity contribution in [3.05, 3.63) is 65.4 Å². The van der Waals surface area contributed by atoms with Crippen molar-refractivity contribution in [3.8, 4) is 0 Å². The van der Waals surface area contributed by atoms with Crippen molar-refractivity contribution in [2.75, 3.05) is 18.0 Å². The number of aromatic nitrogens is 1. The van der Waals surface area contributed by atoms with Crippen molar-refractivity contribution in [2.45, 2.75) is 13.3 Å². The molecule has 1 heterocycles. The van der Waals surface area contributed by atoms with Crippen LogP contribution in [0.15, 0.2) is 65.5 Å². The number of nitro groups is 1. The van der Waals surface area contributed by atoms with Gasteiger partial charge in [0, 0.05) is 36.3 Å². The van der Waals surface area contributed by atoms with Crippen LogP contribution in [-0.4, -0.2) is 28.4 Å². The third kappa shape index (κ3) is 5.03. The van der Waals surface area contributed by atoms with Crippen LogP contribution in [0.4, 0.5) is 22.1 Å². The minimum absolute atomic E-state index is 0.0138. The molecule has 0 aliphatic heterocycles. The molecule has 3 rings (SSSR count). The fourth-order valence-corrected chi connectivity index (χ4v) is 3.47. The van der Waals surface area contributed by atoms with Gasteiger partial charge in [0.2, 0.25) is 0 Å². The van der Waals surface area contributed by atoms with Gasteiger partial charge in [0.25, 0.3) is 5.69 Å². The molecule has 2 aromatic carbocycles. The second kappa shape index (κ2) is 9.70. The lowest BCUT2D eigenvalue weighted by molar-refractivity contribution is -0.384. The number of rotatable bonds is 9. The summed E-state index contributed by atoms with van der Waals surface area (Å²) in [5.41, 5.74) is 2.21. The highest BCUT2D eigenvalue weighted by molar-refractivity contribution is 7.11. The third-order valence-electron chi connectivity index (χ3n) is 4.31. The van der Waals surface area contributed by atoms with Crippen LogP contribution in [0.3, 0.4) is 0 Å². The fraction of sp³-hybridized carbons (Fsp3) is 0.200. The van der Waals surface area contributed by atoms with Crippen LogP contribution in [0.1, 0.15) is 13.3 Å². The van der Waals surface area contributed by atoms with E-state index in [0.29, 0.717) is 28.1 Å². The van der Waals surface area contributed by atoms with E-state index < -0.39 is 4.92 Å². The number of anilines is 1. The second-order valence-corrected chi connectivity index (χ2v) is 6.90. The molecule has 0 saturated carbocycles. The molecular weight excluding hydrogens is 406 g/mol. The molecule has 30 heavy (non-hydrogen) atoms. The first-order valence-electron chi connectivity index (χ1n) is 9.12. The van der Waals surface area contributed by atoms with Crippen molar-refractivity contribution in [2.24, 2.45) is 10.2 Å². The lowest BCUT2D eigenvalue weighted by Crippen LogP contribution is -2.25. The van der Waals surface area contributed by atoms with Crippen molar-refractivity contribution in [1.29, 1.82) is 0 Å². The Balaban J connectivity index is 1.72. The Bertz CT molecular complexity index is 1090. The molecule has 0 fully saturated rings. The monoisotopic (exact) mass is 425 g/mol. The van der Waals surface area contributed by atoms with Crippen LogP contribution in [0.2, 0.25) is 0 Å². The molecule has 0 aliphatic rings. The number of carbonyl (C=O) groups excluding carboxylic acids is 1. The summed E-state index contributed by atoms with van der Waals surface area (Å²) in [6.07, 6.45) is 1.38. The number of benzene rings is 2. The van der Waals surface area contributed by atoms with E-state index in [4.69, 9.17) is 4.74 Å². The molecule has 3 aromatic rings. The summed E-state index contributed by atoms with van der Waals surface area (Å²) in [7, 11) is 0.